The summed E-state index contributed by atoms with van der Waals surface area (Å²) in [6.07, 6.45) is 0. The number of rotatable bonds is 3. The summed E-state index contributed by atoms with van der Waals surface area (Å²) in [5, 5.41) is 0. The summed E-state index contributed by atoms with van der Waals surface area (Å²) in [6.45, 7) is 6.11. The van der Waals surface area contributed by atoms with Crippen molar-refractivity contribution in [3.8, 4) is 0 Å². The molecule has 0 aliphatic carbocycles. The third kappa shape index (κ3) is 4.20. The van der Waals surface area contributed by atoms with Crippen LogP contribution in [0.4, 0.5) is 0 Å². The second-order valence-electron chi connectivity index (χ2n) is 4.20. The van der Waals surface area contributed by atoms with Crippen molar-refractivity contribution in [3.63, 3.8) is 0 Å². The Morgan fingerprint density at radius 2 is 1.93 bits per heavy atom. The molecule has 1 unspecified atom stereocenters. The first kappa shape index (κ1) is 13.1. The van der Waals surface area contributed by atoms with Gasteiger partial charge in [0.1, 0.15) is 0 Å². The van der Waals surface area contributed by atoms with E-state index in [-0.39, 0.29) is 4.75 Å². The molecule has 0 N–H and O–H groups in total. The van der Waals surface area contributed by atoms with E-state index in [2.05, 4.69) is 22.6 Å². The minimum absolute atomic E-state index is 0.319. The molecule has 1 aromatic carbocycles. The lowest BCUT2D eigenvalue weighted by Gasteiger charge is -2.16. The average molecular weight is 338 g/mol. The molecule has 0 spiro atoms. The van der Waals surface area contributed by atoms with Crippen LogP contribution in [0.15, 0.2) is 24.3 Å². The molecular formula is C11H15IO2S. The first-order valence-electron chi connectivity index (χ1n) is 4.70. The molecule has 0 bridgehead atoms. The van der Waals surface area contributed by atoms with Gasteiger partial charge in [0, 0.05) is 3.57 Å². The second-order valence-corrected chi connectivity index (χ2v) is 7.29. The van der Waals surface area contributed by atoms with Crippen LogP contribution in [0.5, 0.6) is 0 Å². The number of hydrogen-bond acceptors (Lipinski definition) is 2. The zero-order chi connectivity index (χ0) is 11.5. The molecule has 4 heteroatoms. The van der Waals surface area contributed by atoms with Crippen LogP contribution in [0, 0.1) is 3.57 Å². The summed E-state index contributed by atoms with van der Waals surface area (Å²) in [4.78, 5) is 0. The Morgan fingerprint density at radius 1 is 1.33 bits per heavy atom. The van der Waals surface area contributed by atoms with Crippen molar-refractivity contribution in [3.05, 3.63) is 33.4 Å². The van der Waals surface area contributed by atoms with Gasteiger partial charge in [0.15, 0.2) is 11.1 Å². The van der Waals surface area contributed by atoms with Crippen molar-refractivity contribution in [2.45, 2.75) is 32.1 Å². The van der Waals surface area contributed by atoms with Crippen molar-refractivity contribution >= 4 is 33.7 Å². The first-order valence-corrected chi connectivity index (χ1v) is 6.85. The molecule has 15 heavy (non-hydrogen) atoms. The summed E-state index contributed by atoms with van der Waals surface area (Å²) in [5.74, 6) is 0. The third-order valence-electron chi connectivity index (χ3n) is 1.78. The van der Waals surface area contributed by atoms with E-state index in [0.717, 1.165) is 9.13 Å². The minimum Gasteiger partial charge on any atom is -0.285 e. The highest BCUT2D eigenvalue weighted by Crippen LogP contribution is 2.17. The standard InChI is InChI=1S/C11H15IO2S/c1-11(2,3)15(13)14-8-9-6-4-5-7-10(9)12/h4-7H,8H2,1-3H3. The maximum absolute atomic E-state index is 11.6. The second kappa shape index (κ2) is 5.41. The maximum Gasteiger partial charge on any atom is 0.161 e. The average Bonchev–Trinajstić information content (AvgIpc) is 2.14. The molecular weight excluding hydrogens is 323 g/mol. The third-order valence-corrected chi connectivity index (χ3v) is 4.16. The molecule has 0 saturated carbocycles. The Bertz CT molecular complexity index is 358. The Morgan fingerprint density at radius 3 is 2.47 bits per heavy atom. The van der Waals surface area contributed by atoms with Crippen LogP contribution in [0.2, 0.25) is 0 Å². The van der Waals surface area contributed by atoms with Crippen molar-refractivity contribution in [1.82, 2.24) is 0 Å². The molecule has 0 aliphatic heterocycles. The van der Waals surface area contributed by atoms with Crippen molar-refractivity contribution in [2.75, 3.05) is 0 Å². The van der Waals surface area contributed by atoms with Gasteiger partial charge in [0.25, 0.3) is 0 Å². The molecule has 1 aromatic rings. The fraction of sp³-hybridized carbons (Fsp3) is 0.455. The van der Waals surface area contributed by atoms with Gasteiger partial charge in [-0.05, 0) is 55.0 Å². The van der Waals surface area contributed by atoms with Gasteiger partial charge in [-0.2, -0.15) is 0 Å². The van der Waals surface area contributed by atoms with E-state index >= 15 is 0 Å². The van der Waals surface area contributed by atoms with Crippen LogP contribution in [-0.4, -0.2) is 8.96 Å². The lowest BCUT2D eigenvalue weighted by Crippen LogP contribution is -2.23. The van der Waals surface area contributed by atoms with Gasteiger partial charge in [-0.15, -0.1) is 0 Å². The molecule has 1 rings (SSSR count). The van der Waals surface area contributed by atoms with Gasteiger partial charge in [-0.3, -0.25) is 4.18 Å². The fourth-order valence-corrected chi connectivity index (χ4v) is 2.04. The quantitative estimate of drug-likeness (QED) is 0.791. The molecule has 0 fully saturated rings. The van der Waals surface area contributed by atoms with Gasteiger partial charge in [-0.1, -0.05) is 18.2 Å². The van der Waals surface area contributed by atoms with Crippen LogP contribution in [0.1, 0.15) is 26.3 Å². The molecule has 0 saturated heterocycles. The molecule has 0 aliphatic rings. The monoisotopic (exact) mass is 338 g/mol. The van der Waals surface area contributed by atoms with E-state index in [1.807, 2.05) is 45.0 Å². The Hall–Kier alpha value is 0.0600. The maximum atomic E-state index is 11.6. The zero-order valence-corrected chi connectivity index (χ0v) is 12.1. The van der Waals surface area contributed by atoms with Crippen LogP contribution in [-0.2, 0) is 21.9 Å². The summed E-state index contributed by atoms with van der Waals surface area (Å²) >= 11 is 1.000. The van der Waals surface area contributed by atoms with E-state index in [9.17, 15) is 4.21 Å². The normalized spacial score (nSPS) is 13.9. The van der Waals surface area contributed by atoms with Crippen molar-refractivity contribution < 1.29 is 8.39 Å². The number of benzene rings is 1. The van der Waals surface area contributed by atoms with E-state index in [1.165, 1.54) is 0 Å². The van der Waals surface area contributed by atoms with E-state index < -0.39 is 11.1 Å². The molecule has 0 amide bonds. The number of hydrogen-bond donors (Lipinski definition) is 0. The lowest BCUT2D eigenvalue weighted by molar-refractivity contribution is 0.325. The SMILES string of the molecule is CC(C)(C)S(=O)OCc1ccccc1I. The molecule has 84 valence electrons. The first-order chi connectivity index (χ1) is 6.91. The van der Waals surface area contributed by atoms with Crippen molar-refractivity contribution in [2.24, 2.45) is 0 Å². The van der Waals surface area contributed by atoms with Crippen LogP contribution in [0.3, 0.4) is 0 Å². The molecule has 0 radical (unpaired) electrons. The predicted molar refractivity (Wildman–Crippen MR) is 71.8 cm³/mol. The summed E-state index contributed by atoms with van der Waals surface area (Å²) in [6, 6.07) is 7.94. The van der Waals surface area contributed by atoms with Gasteiger partial charge in [0.05, 0.1) is 11.4 Å². The van der Waals surface area contributed by atoms with Gasteiger partial charge in [0.2, 0.25) is 0 Å². The number of halogens is 1. The van der Waals surface area contributed by atoms with Crippen LogP contribution >= 0.6 is 22.6 Å². The van der Waals surface area contributed by atoms with Gasteiger partial charge < -0.3 is 0 Å². The highest BCUT2D eigenvalue weighted by Gasteiger charge is 2.20. The van der Waals surface area contributed by atoms with Gasteiger partial charge >= 0.3 is 0 Å². The topological polar surface area (TPSA) is 26.3 Å². The highest BCUT2D eigenvalue weighted by atomic mass is 127. The minimum atomic E-state index is -1.25. The van der Waals surface area contributed by atoms with E-state index in [1.54, 1.807) is 0 Å². The predicted octanol–water partition coefficient (Wildman–Crippen LogP) is 3.27. The highest BCUT2D eigenvalue weighted by molar-refractivity contribution is 14.1. The van der Waals surface area contributed by atoms with E-state index in [0.29, 0.717) is 6.61 Å². The Kier molecular flexibility index (Phi) is 4.73. The molecule has 1 atom stereocenters. The largest absolute Gasteiger partial charge is 0.285 e. The Balaban J connectivity index is 2.59. The van der Waals surface area contributed by atoms with Gasteiger partial charge in [-0.25, -0.2) is 4.21 Å². The molecule has 2 nitrogen and oxygen atoms in total. The Labute approximate surface area is 107 Å². The smallest absolute Gasteiger partial charge is 0.161 e. The fourth-order valence-electron chi connectivity index (χ4n) is 0.909. The lowest BCUT2D eigenvalue weighted by atomic mass is 10.2. The molecule has 0 aromatic heterocycles. The van der Waals surface area contributed by atoms with Crippen LogP contribution < -0.4 is 0 Å². The van der Waals surface area contributed by atoms with E-state index in [4.69, 9.17) is 4.18 Å². The summed E-state index contributed by atoms with van der Waals surface area (Å²) < 4.78 is 17.8. The molecule has 0 heterocycles. The summed E-state index contributed by atoms with van der Waals surface area (Å²) in [5.41, 5.74) is 1.08. The van der Waals surface area contributed by atoms with Crippen LogP contribution in [0.25, 0.3) is 0 Å². The summed E-state index contributed by atoms with van der Waals surface area (Å²) in [7, 11) is 0. The zero-order valence-electron chi connectivity index (χ0n) is 9.12. The van der Waals surface area contributed by atoms with Crippen molar-refractivity contribution in [1.29, 1.82) is 0 Å².